The van der Waals surface area contributed by atoms with Crippen molar-refractivity contribution < 1.29 is 0 Å². The molecule has 0 saturated heterocycles. The van der Waals surface area contributed by atoms with Crippen molar-refractivity contribution in [2.24, 2.45) is 0 Å². The number of fused-ring (bicyclic) bond motifs is 8. The van der Waals surface area contributed by atoms with E-state index in [1.807, 2.05) is 0 Å². The number of rotatable bonds is 0. The molecule has 0 atom stereocenters. The molecule has 0 heteroatoms. The van der Waals surface area contributed by atoms with E-state index in [1.54, 1.807) is 0 Å². The van der Waals surface area contributed by atoms with Crippen LogP contribution in [0.2, 0.25) is 0 Å². The predicted molar refractivity (Wildman–Crippen MR) is 490 cm³/mol. The van der Waals surface area contributed by atoms with Gasteiger partial charge >= 0.3 is 0 Å². The summed E-state index contributed by atoms with van der Waals surface area (Å²) in [7, 11) is 0. The Labute approximate surface area is 656 Å². The fourth-order valence-electron chi connectivity index (χ4n) is 20.6. The summed E-state index contributed by atoms with van der Waals surface area (Å²) in [5.41, 5.74) is 66.7. The first kappa shape index (κ1) is 84.0. The Morgan fingerprint density at radius 3 is 0.130 bits per heavy atom. The van der Waals surface area contributed by atoms with E-state index in [2.05, 4.69) is 318 Å². The van der Waals surface area contributed by atoms with Crippen LogP contribution < -0.4 is 0 Å². The molecular weight excluding hydrogens is 1300 g/mol. The zero-order chi connectivity index (χ0) is 81.8. The smallest absolute Gasteiger partial charge is 0.0111 e. The highest BCUT2D eigenvalue weighted by Gasteiger charge is 2.26. The van der Waals surface area contributed by atoms with E-state index < -0.39 is 0 Å². The van der Waals surface area contributed by atoms with Crippen LogP contribution in [0.3, 0.4) is 0 Å². The van der Waals surface area contributed by atoms with E-state index in [4.69, 9.17) is 0 Å². The molecule has 0 spiro atoms. The molecule has 13 aromatic rings. The molecule has 0 aromatic heterocycles. The number of hydrogen-bond donors (Lipinski definition) is 0. The zero-order valence-corrected chi connectivity index (χ0v) is 77.0. The minimum Gasteiger partial charge on any atom is -0.0444 e. The molecule has 0 fully saturated rings. The summed E-state index contributed by atoms with van der Waals surface area (Å²) in [6.07, 6.45) is 0. The van der Waals surface area contributed by atoms with Gasteiger partial charge in [0.1, 0.15) is 0 Å². The van der Waals surface area contributed by atoms with Crippen LogP contribution in [-0.2, 0) is 0 Å². The molecule has 0 nitrogen and oxygen atoms in total. The van der Waals surface area contributed by atoms with Gasteiger partial charge in [0.2, 0.25) is 0 Å². The van der Waals surface area contributed by atoms with Crippen molar-refractivity contribution in [3.05, 3.63) is 256 Å². The lowest BCUT2D eigenvalue weighted by molar-refractivity contribution is 1.20. The summed E-state index contributed by atoms with van der Waals surface area (Å²) < 4.78 is 0. The first-order valence-corrected chi connectivity index (χ1v) is 40.5. The van der Waals surface area contributed by atoms with Crippen LogP contribution in [0, 0.1) is 318 Å². The van der Waals surface area contributed by atoms with Gasteiger partial charge in [-0.25, -0.2) is 0 Å². The summed E-state index contributed by atoms with van der Waals surface area (Å²) in [5, 5.41) is 23.7. The molecule has 108 heavy (non-hydrogen) atoms. The van der Waals surface area contributed by atoms with Gasteiger partial charge in [-0.1, -0.05) is 0 Å². The van der Waals surface area contributed by atoms with E-state index in [0.717, 1.165) is 0 Å². The largest absolute Gasteiger partial charge is 0.0444 e. The highest BCUT2D eigenvalue weighted by atomic mass is 14.3. The van der Waals surface area contributed by atoms with E-state index in [0.29, 0.717) is 0 Å². The lowest BCUT2D eigenvalue weighted by atomic mass is 9.80. The summed E-state index contributed by atoms with van der Waals surface area (Å²) in [4.78, 5) is 0. The third-order valence-corrected chi connectivity index (χ3v) is 30.9. The van der Waals surface area contributed by atoms with E-state index in [1.165, 1.54) is 342 Å². The van der Waals surface area contributed by atoms with Crippen LogP contribution in [0.4, 0.5) is 0 Å². The predicted octanol–water partition coefficient (Wildman–Crippen LogP) is 31.8. The van der Waals surface area contributed by atoms with Gasteiger partial charge < -0.3 is 0 Å². The van der Waals surface area contributed by atoms with Gasteiger partial charge in [-0.15, -0.1) is 0 Å². The van der Waals surface area contributed by atoms with Gasteiger partial charge in [-0.2, -0.15) is 0 Å². The number of hydrogen-bond acceptors (Lipinski definition) is 0. The SMILES string of the molecule is Cc1c(C)c(C)c2c(C)c(C)c(C)c(C)c2c1C.Cc1c(C)c(C)c2c(C)c(C)c(C)c(C)c2c1C.Cc1c(C)c(C)c2c(C)c3c(C)c(C)c(C)c(C)c3c(C)c2c1C.Cc1c(C)c(C)c2c(C)c3c(C)c(C)c(C)c(C)c3c(C)c2c1C.Cc1c(C)c(C)c2c(C)c3c(C)c(C)c(C)c(C)c3c(C)c2c1C. The monoisotopic (exact) mass is 1440 g/mol. The molecule has 0 unspecified atom stereocenters. The molecule has 0 heterocycles. The minimum absolute atomic E-state index is 1.44. The zero-order valence-electron chi connectivity index (χ0n) is 77.0. The fraction of sp³-hybridized carbons (Fsp3) is 0.426. The summed E-state index contributed by atoms with van der Waals surface area (Å²) in [6, 6.07) is 0. The Hall–Kier alpha value is -8.06. The molecule has 0 radical (unpaired) electrons. The molecule has 0 bridgehead atoms. The van der Waals surface area contributed by atoms with Crippen molar-refractivity contribution >= 4 is 86.2 Å². The normalized spacial score (nSPS) is 11.6. The van der Waals surface area contributed by atoms with Crippen molar-refractivity contribution in [2.45, 2.75) is 318 Å². The van der Waals surface area contributed by atoms with Gasteiger partial charge in [0.15, 0.2) is 0 Å². The second-order valence-corrected chi connectivity index (χ2v) is 34.8. The van der Waals surface area contributed by atoms with Gasteiger partial charge in [-0.05, 0) is 661 Å². The number of benzene rings is 13. The topological polar surface area (TPSA) is 0 Å². The van der Waals surface area contributed by atoms with Crippen LogP contribution in [0.5, 0.6) is 0 Å². The van der Waals surface area contributed by atoms with Crippen molar-refractivity contribution in [1.82, 2.24) is 0 Å². The van der Waals surface area contributed by atoms with Gasteiger partial charge in [0.25, 0.3) is 0 Å². The van der Waals surface area contributed by atoms with E-state index >= 15 is 0 Å². The maximum atomic E-state index is 2.33. The van der Waals surface area contributed by atoms with Crippen molar-refractivity contribution in [3.8, 4) is 0 Å². The van der Waals surface area contributed by atoms with Crippen LogP contribution in [0.15, 0.2) is 0 Å². The molecule has 13 aromatic carbocycles. The Balaban J connectivity index is 0.000000157. The first-order chi connectivity index (χ1) is 49.9. The maximum absolute atomic E-state index is 2.33. The lowest BCUT2D eigenvalue weighted by Crippen LogP contribution is -2.03. The highest BCUT2D eigenvalue weighted by Crippen LogP contribution is 2.48. The van der Waals surface area contributed by atoms with Gasteiger partial charge in [0, 0.05) is 0 Å². The first-order valence-electron chi connectivity index (χ1n) is 40.5. The van der Waals surface area contributed by atoms with Crippen LogP contribution in [-0.4, -0.2) is 0 Å². The summed E-state index contributed by atoms with van der Waals surface area (Å²) >= 11 is 0. The molecule has 0 aliphatic carbocycles. The molecule has 0 aliphatic rings. The molecule has 13 rings (SSSR count). The molecule has 0 saturated carbocycles. The number of aryl methyl sites for hydroxylation is 26. The van der Waals surface area contributed by atoms with Crippen LogP contribution in [0.1, 0.15) is 256 Å². The second-order valence-electron chi connectivity index (χ2n) is 34.8. The molecule has 570 valence electrons. The quantitative estimate of drug-likeness (QED) is 0.133. The second kappa shape index (κ2) is 30.0. The minimum atomic E-state index is 1.44. The third-order valence-electron chi connectivity index (χ3n) is 30.9. The van der Waals surface area contributed by atoms with Gasteiger partial charge in [-0.3, -0.25) is 0 Å². The standard InChI is InChI=1S/3C24H30.2C18H24/c3*1-11-12(2)16(6)22-20(10)24-18(8)14(4)13(3)17(7)23(24)19(9)21(22)15(11)5;2*1-9-10(2)14(6)18-16(8)12(4)11(3)15(7)17(18)13(9)5/h3*1-10H3;2*1-8H3. The van der Waals surface area contributed by atoms with Gasteiger partial charge in [0.05, 0.1) is 0 Å². The van der Waals surface area contributed by atoms with Crippen molar-refractivity contribution in [1.29, 1.82) is 0 Å². The summed E-state index contributed by atoms with van der Waals surface area (Å²) in [6.45, 7) is 105. The molecular formula is C108H138. The van der Waals surface area contributed by atoms with Crippen molar-refractivity contribution in [2.75, 3.05) is 0 Å². The third kappa shape index (κ3) is 12.4. The van der Waals surface area contributed by atoms with Crippen LogP contribution >= 0.6 is 0 Å². The molecule has 0 aliphatic heterocycles. The Morgan fingerprint density at radius 2 is 0.0833 bits per heavy atom. The van der Waals surface area contributed by atoms with E-state index in [9.17, 15) is 0 Å². The Bertz CT molecular complexity index is 4890. The Kier molecular flexibility index (Phi) is 23.3. The highest BCUT2D eigenvalue weighted by molar-refractivity contribution is 6.14. The Morgan fingerprint density at radius 1 is 0.0463 bits per heavy atom. The van der Waals surface area contributed by atoms with E-state index in [-0.39, 0.29) is 0 Å². The lowest BCUT2D eigenvalue weighted by Gasteiger charge is -2.24. The maximum Gasteiger partial charge on any atom is -0.0111 e. The average molecular weight is 1440 g/mol. The molecule has 0 N–H and O–H groups in total. The molecule has 0 amide bonds. The van der Waals surface area contributed by atoms with Crippen molar-refractivity contribution in [3.63, 3.8) is 0 Å². The summed E-state index contributed by atoms with van der Waals surface area (Å²) in [5.74, 6) is 0. The fourth-order valence-corrected chi connectivity index (χ4v) is 20.6. The average Bonchev–Trinajstić information content (AvgIpc) is 0.721. The van der Waals surface area contributed by atoms with Crippen LogP contribution in [0.25, 0.3) is 86.2 Å².